The number of amides is 1. The van der Waals surface area contributed by atoms with Gasteiger partial charge in [0.25, 0.3) is 5.91 Å². The number of hydrogen-bond donors (Lipinski definition) is 1. The highest BCUT2D eigenvalue weighted by molar-refractivity contribution is 5.92. The first-order chi connectivity index (χ1) is 9.76. The predicted octanol–water partition coefficient (Wildman–Crippen LogP) is 1.53. The largest absolute Gasteiger partial charge is 0.395 e. The topological polar surface area (TPSA) is 56.7 Å². The minimum atomic E-state index is -0.111. The summed E-state index contributed by atoms with van der Waals surface area (Å²) in [6.07, 6.45) is 3.64. The van der Waals surface area contributed by atoms with Gasteiger partial charge in [0.2, 0.25) is 0 Å². The summed E-state index contributed by atoms with van der Waals surface area (Å²) >= 11 is 0. The third kappa shape index (κ3) is 3.48. The molecule has 110 valence electrons. The van der Waals surface area contributed by atoms with Crippen molar-refractivity contribution in [3.63, 3.8) is 0 Å². The van der Waals surface area contributed by atoms with Gasteiger partial charge in [0.15, 0.2) is 0 Å². The van der Waals surface area contributed by atoms with Crippen molar-refractivity contribution in [3.8, 4) is 0 Å². The summed E-state index contributed by atoms with van der Waals surface area (Å²) in [7, 11) is 0. The number of piperidine rings is 1. The van der Waals surface area contributed by atoms with Crippen molar-refractivity contribution in [3.05, 3.63) is 23.9 Å². The van der Waals surface area contributed by atoms with Gasteiger partial charge < -0.3 is 14.9 Å². The Balaban J connectivity index is 2.13. The quantitative estimate of drug-likeness (QED) is 0.886. The predicted molar refractivity (Wildman–Crippen MR) is 79.0 cm³/mol. The van der Waals surface area contributed by atoms with E-state index in [2.05, 4.69) is 9.88 Å². The molecule has 1 fully saturated rings. The maximum Gasteiger partial charge on any atom is 0.272 e. The summed E-state index contributed by atoms with van der Waals surface area (Å²) in [6.45, 7) is 4.84. The highest BCUT2D eigenvalue weighted by Gasteiger charge is 2.17. The van der Waals surface area contributed by atoms with Gasteiger partial charge in [0.1, 0.15) is 11.5 Å². The molecule has 1 amide bonds. The average molecular weight is 277 g/mol. The number of rotatable bonds is 5. The molecule has 5 nitrogen and oxygen atoms in total. The monoisotopic (exact) mass is 277 g/mol. The first-order valence-electron chi connectivity index (χ1n) is 7.38. The number of aliphatic hydroxyl groups is 1. The van der Waals surface area contributed by atoms with Crippen LogP contribution in [0.5, 0.6) is 0 Å². The Kier molecular flexibility index (Phi) is 5.35. The molecule has 0 aliphatic carbocycles. The van der Waals surface area contributed by atoms with Crippen LogP contribution in [0.4, 0.5) is 5.82 Å². The van der Waals surface area contributed by atoms with Gasteiger partial charge in [-0.2, -0.15) is 0 Å². The van der Waals surface area contributed by atoms with Crippen molar-refractivity contribution in [1.29, 1.82) is 0 Å². The fraction of sp³-hybridized carbons (Fsp3) is 0.600. The molecule has 2 heterocycles. The summed E-state index contributed by atoms with van der Waals surface area (Å²) in [6, 6.07) is 5.59. The molecule has 0 radical (unpaired) electrons. The van der Waals surface area contributed by atoms with Crippen LogP contribution in [0.15, 0.2) is 18.2 Å². The van der Waals surface area contributed by atoms with E-state index in [4.69, 9.17) is 5.11 Å². The fourth-order valence-electron chi connectivity index (χ4n) is 2.53. The highest BCUT2D eigenvalue weighted by Crippen LogP contribution is 2.18. The van der Waals surface area contributed by atoms with E-state index in [0.29, 0.717) is 18.8 Å². The van der Waals surface area contributed by atoms with Gasteiger partial charge in [-0.15, -0.1) is 0 Å². The zero-order valence-electron chi connectivity index (χ0n) is 12.1. The van der Waals surface area contributed by atoms with E-state index in [1.807, 2.05) is 19.1 Å². The summed E-state index contributed by atoms with van der Waals surface area (Å²) in [5.41, 5.74) is 0.461. The van der Waals surface area contributed by atoms with E-state index in [1.165, 1.54) is 19.3 Å². The van der Waals surface area contributed by atoms with Crippen molar-refractivity contribution >= 4 is 11.7 Å². The fourth-order valence-corrected chi connectivity index (χ4v) is 2.53. The van der Waals surface area contributed by atoms with E-state index in [9.17, 15) is 4.79 Å². The number of likely N-dealkylation sites (N-methyl/N-ethyl adjacent to an activating group) is 1. The van der Waals surface area contributed by atoms with Crippen molar-refractivity contribution in [2.75, 3.05) is 37.7 Å². The van der Waals surface area contributed by atoms with E-state index < -0.39 is 0 Å². The van der Waals surface area contributed by atoms with Crippen LogP contribution in [0.2, 0.25) is 0 Å². The molecule has 5 heteroatoms. The Hall–Kier alpha value is -1.62. The number of anilines is 1. The summed E-state index contributed by atoms with van der Waals surface area (Å²) in [4.78, 5) is 20.7. The second kappa shape index (κ2) is 7.24. The molecule has 0 atom stereocenters. The minimum absolute atomic E-state index is 0.0224. The maximum atomic E-state index is 12.3. The van der Waals surface area contributed by atoms with Gasteiger partial charge in [0, 0.05) is 26.2 Å². The lowest BCUT2D eigenvalue weighted by Crippen LogP contribution is -2.35. The van der Waals surface area contributed by atoms with Crippen LogP contribution >= 0.6 is 0 Å². The molecule has 0 unspecified atom stereocenters. The van der Waals surface area contributed by atoms with E-state index in [-0.39, 0.29) is 12.5 Å². The highest BCUT2D eigenvalue weighted by atomic mass is 16.3. The number of aliphatic hydroxyl groups excluding tert-OH is 1. The standard InChI is InChI=1S/C15H23N3O2/c1-2-17(11-12-19)15(20)13-7-6-8-14(16-13)18-9-4-3-5-10-18/h6-8,19H,2-5,9-12H2,1H3. The molecule has 2 rings (SSSR count). The van der Waals surface area contributed by atoms with Crippen LogP contribution in [0.25, 0.3) is 0 Å². The molecule has 20 heavy (non-hydrogen) atoms. The lowest BCUT2D eigenvalue weighted by molar-refractivity contribution is 0.0726. The lowest BCUT2D eigenvalue weighted by atomic mass is 10.1. The minimum Gasteiger partial charge on any atom is -0.395 e. The zero-order chi connectivity index (χ0) is 14.4. The third-order valence-corrected chi connectivity index (χ3v) is 3.67. The second-order valence-corrected chi connectivity index (χ2v) is 5.04. The first-order valence-corrected chi connectivity index (χ1v) is 7.38. The van der Waals surface area contributed by atoms with E-state index in [1.54, 1.807) is 11.0 Å². The molecule has 0 saturated carbocycles. The molecule has 0 aromatic carbocycles. The van der Waals surface area contributed by atoms with Crippen molar-refractivity contribution in [1.82, 2.24) is 9.88 Å². The molecule has 1 aromatic heterocycles. The Morgan fingerprint density at radius 3 is 2.75 bits per heavy atom. The second-order valence-electron chi connectivity index (χ2n) is 5.04. The molecule has 1 saturated heterocycles. The van der Waals surface area contributed by atoms with Gasteiger partial charge in [-0.3, -0.25) is 4.79 Å². The number of aromatic nitrogens is 1. The number of pyridine rings is 1. The Morgan fingerprint density at radius 1 is 1.35 bits per heavy atom. The van der Waals surface area contributed by atoms with Gasteiger partial charge in [-0.05, 0) is 38.3 Å². The number of nitrogens with zero attached hydrogens (tertiary/aromatic N) is 3. The molecule has 1 aromatic rings. The van der Waals surface area contributed by atoms with Crippen LogP contribution in [0, 0.1) is 0 Å². The summed E-state index contributed by atoms with van der Waals surface area (Å²) < 4.78 is 0. The molecule has 1 N–H and O–H groups in total. The third-order valence-electron chi connectivity index (χ3n) is 3.67. The first kappa shape index (κ1) is 14.8. The molecule has 0 spiro atoms. The van der Waals surface area contributed by atoms with Crippen LogP contribution < -0.4 is 4.90 Å². The summed E-state index contributed by atoms with van der Waals surface area (Å²) in [5, 5.41) is 9.00. The smallest absolute Gasteiger partial charge is 0.272 e. The van der Waals surface area contributed by atoms with Crippen LogP contribution in [0.3, 0.4) is 0 Å². The average Bonchev–Trinajstić information content (AvgIpc) is 2.53. The van der Waals surface area contributed by atoms with Crippen LogP contribution in [-0.2, 0) is 0 Å². The Labute approximate surface area is 120 Å². The maximum absolute atomic E-state index is 12.3. The van der Waals surface area contributed by atoms with Gasteiger partial charge in [-0.1, -0.05) is 6.07 Å². The number of carbonyl (C=O) groups is 1. The van der Waals surface area contributed by atoms with Gasteiger partial charge in [0.05, 0.1) is 6.61 Å². The molecular formula is C15H23N3O2. The van der Waals surface area contributed by atoms with Crippen molar-refractivity contribution in [2.45, 2.75) is 26.2 Å². The molecular weight excluding hydrogens is 254 g/mol. The summed E-state index contributed by atoms with van der Waals surface area (Å²) in [5.74, 6) is 0.774. The van der Waals surface area contributed by atoms with Gasteiger partial charge in [-0.25, -0.2) is 4.98 Å². The van der Waals surface area contributed by atoms with Crippen LogP contribution in [-0.4, -0.2) is 53.7 Å². The molecule has 0 bridgehead atoms. The van der Waals surface area contributed by atoms with E-state index in [0.717, 1.165) is 18.9 Å². The zero-order valence-corrected chi connectivity index (χ0v) is 12.1. The SMILES string of the molecule is CCN(CCO)C(=O)c1cccc(N2CCCCC2)n1. The van der Waals surface area contributed by atoms with Gasteiger partial charge >= 0.3 is 0 Å². The molecule has 1 aliphatic rings. The van der Waals surface area contributed by atoms with Crippen molar-refractivity contribution in [2.24, 2.45) is 0 Å². The normalized spacial score (nSPS) is 15.2. The van der Waals surface area contributed by atoms with Crippen LogP contribution in [0.1, 0.15) is 36.7 Å². The van der Waals surface area contributed by atoms with E-state index >= 15 is 0 Å². The van der Waals surface area contributed by atoms with Crippen molar-refractivity contribution < 1.29 is 9.90 Å². The number of hydrogen-bond acceptors (Lipinski definition) is 4. The Bertz CT molecular complexity index is 444. The Morgan fingerprint density at radius 2 is 2.10 bits per heavy atom. The number of carbonyl (C=O) groups excluding carboxylic acids is 1. The molecule has 1 aliphatic heterocycles. The lowest BCUT2D eigenvalue weighted by Gasteiger charge is -2.28.